The standard InChI is InChI=1S/C20H22N4O/c1-14-18(15(2)24(3)23-14)11-13-21-19(25)10-9-17-7-4-6-16-8-5-12-22-20(16)17/h4-10,12H,11,13H2,1-3H3,(H,21,25)/b10-9+. The van der Waals surface area contributed by atoms with Crippen LogP contribution in [0.4, 0.5) is 0 Å². The van der Waals surface area contributed by atoms with Crippen LogP contribution in [-0.2, 0) is 18.3 Å². The number of aromatic nitrogens is 3. The Hall–Kier alpha value is -2.95. The van der Waals surface area contributed by atoms with Gasteiger partial charge in [-0.2, -0.15) is 5.10 Å². The minimum absolute atomic E-state index is 0.105. The van der Waals surface area contributed by atoms with Gasteiger partial charge in [0.05, 0.1) is 11.2 Å². The van der Waals surface area contributed by atoms with Crippen molar-refractivity contribution in [3.8, 4) is 0 Å². The maximum Gasteiger partial charge on any atom is 0.244 e. The molecule has 128 valence electrons. The van der Waals surface area contributed by atoms with Crippen LogP contribution in [0.25, 0.3) is 17.0 Å². The number of para-hydroxylation sites is 1. The van der Waals surface area contributed by atoms with Crippen LogP contribution in [0.3, 0.4) is 0 Å². The van der Waals surface area contributed by atoms with Gasteiger partial charge in [0.1, 0.15) is 0 Å². The average molecular weight is 334 g/mol. The third-order valence-corrected chi connectivity index (χ3v) is 4.41. The van der Waals surface area contributed by atoms with E-state index in [1.807, 2.05) is 62.0 Å². The Morgan fingerprint density at radius 2 is 2.04 bits per heavy atom. The van der Waals surface area contributed by atoms with Gasteiger partial charge in [0, 0.05) is 42.5 Å². The number of hydrogen-bond acceptors (Lipinski definition) is 3. The Bertz CT molecular complexity index is 935. The Balaban J connectivity index is 1.61. The summed E-state index contributed by atoms with van der Waals surface area (Å²) in [5.41, 5.74) is 5.20. The van der Waals surface area contributed by atoms with Crippen molar-refractivity contribution in [2.75, 3.05) is 6.54 Å². The Morgan fingerprint density at radius 1 is 1.24 bits per heavy atom. The molecule has 5 heteroatoms. The van der Waals surface area contributed by atoms with E-state index in [0.29, 0.717) is 6.54 Å². The summed E-state index contributed by atoms with van der Waals surface area (Å²) < 4.78 is 1.87. The van der Waals surface area contributed by atoms with Gasteiger partial charge in [-0.25, -0.2) is 0 Å². The van der Waals surface area contributed by atoms with E-state index >= 15 is 0 Å². The van der Waals surface area contributed by atoms with Crippen molar-refractivity contribution in [3.63, 3.8) is 0 Å². The van der Waals surface area contributed by atoms with Gasteiger partial charge in [-0.05, 0) is 38.0 Å². The molecule has 1 amide bonds. The number of pyridine rings is 1. The van der Waals surface area contributed by atoms with Crippen molar-refractivity contribution >= 4 is 22.9 Å². The van der Waals surface area contributed by atoms with E-state index in [4.69, 9.17) is 0 Å². The first kappa shape index (κ1) is 16.9. The Labute approximate surface area is 147 Å². The van der Waals surface area contributed by atoms with Crippen molar-refractivity contribution in [2.24, 2.45) is 7.05 Å². The predicted octanol–water partition coefficient (Wildman–Crippen LogP) is 2.96. The quantitative estimate of drug-likeness (QED) is 0.730. The van der Waals surface area contributed by atoms with Crippen LogP contribution in [-0.4, -0.2) is 27.2 Å². The van der Waals surface area contributed by atoms with Gasteiger partial charge in [-0.1, -0.05) is 24.3 Å². The summed E-state index contributed by atoms with van der Waals surface area (Å²) >= 11 is 0. The number of amides is 1. The maximum atomic E-state index is 12.1. The molecule has 2 heterocycles. The second-order valence-electron chi connectivity index (χ2n) is 6.07. The predicted molar refractivity (Wildman–Crippen MR) is 100 cm³/mol. The number of carbonyl (C=O) groups excluding carboxylic acids is 1. The number of carbonyl (C=O) groups is 1. The SMILES string of the molecule is Cc1nn(C)c(C)c1CCNC(=O)/C=C/c1cccc2cccnc12. The van der Waals surface area contributed by atoms with Crippen LogP contribution in [0.15, 0.2) is 42.6 Å². The van der Waals surface area contributed by atoms with E-state index in [-0.39, 0.29) is 5.91 Å². The molecule has 3 aromatic rings. The minimum atomic E-state index is -0.105. The van der Waals surface area contributed by atoms with Crippen LogP contribution in [0.1, 0.15) is 22.5 Å². The molecule has 3 rings (SSSR count). The first-order chi connectivity index (χ1) is 12.1. The largest absolute Gasteiger partial charge is 0.352 e. The Morgan fingerprint density at radius 3 is 2.80 bits per heavy atom. The molecule has 0 bridgehead atoms. The maximum absolute atomic E-state index is 12.1. The number of fused-ring (bicyclic) bond motifs is 1. The highest BCUT2D eigenvalue weighted by molar-refractivity contribution is 5.95. The van der Waals surface area contributed by atoms with E-state index in [1.54, 1.807) is 12.3 Å². The summed E-state index contributed by atoms with van der Waals surface area (Å²) in [5.74, 6) is -0.105. The van der Waals surface area contributed by atoms with Crippen molar-refractivity contribution in [2.45, 2.75) is 20.3 Å². The number of nitrogens with one attached hydrogen (secondary N) is 1. The second kappa shape index (κ2) is 7.30. The van der Waals surface area contributed by atoms with Crippen molar-refractivity contribution in [3.05, 3.63) is 65.1 Å². The molecule has 1 aromatic carbocycles. The van der Waals surface area contributed by atoms with Gasteiger partial charge in [0.15, 0.2) is 0 Å². The second-order valence-corrected chi connectivity index (χ2v) is 6.07. The minimum Gasteiger partial charge on any atom is -0.352 e. The molecule has 0 aliphatic carbocycles. The molecule has 0 atom stereocenters. The smallest absolute Gasteiger partial charge is 0.244 e. The molecule has 0 unspecified atom stereocenters. The van der Waals surface area contributed by atoms with Crippen molar-refractivity contribution < 1.29 is 4.79 Å². The molecule has 0 radical (unpaired) electrons. The fraction of sp³-hybridized carbons (Fsp3) is 0.250. The first-order valence-electron chi connectivity index (χ1n) is 8.35. The lowest BCUT2D eigenvalue weighted by molar-refractivity contribution is -0.116. The zero-order chi connectivity index (χ0) is 17.8. The summed E-state index contributed by atoms with van der Waals surface area (Å²) in [6.07, 6.45) is 5.91. The van der Waals surface area contributed by atoms with E-state index in [9.17, 15) is 4.79 Å². The van der Waals surface area contributed by atoms with Crippen molar-refractivity contribution in [1.82, 2.24) is 20.1 Å². The molecule has 0 saturated carbocycles. The summed E-state index contributed by atoms with van der Waals surface area (Å²) in [6.45, 7) is 4.63. The molecule has 0 saturated heterocycles. The monoisotopic (exact) mass is 334 g/mol. The molecule has 5 nitrogen and oxygen atoms in total. The first-order valence-corrected chi connectivity index (χ1v) is 8.35. The fourth-order valence-electron chi connectivity index (χ4n) is 2.98. The topological polar surface area (TPSA) is 59.8 Å². The van der Waals surface area contributed by atoms with Gasteiger partial charge in [0.25, 0.3) is 0 Å². The zero-order valence-corrected chi connectivity index (χ0v) is 14.8. The molecule has 25 heavy (non-hydrogen) atoms. The molecule has 2 aromatic heterocycles. The number of rotatable bonds is 5. The lowest BCUT2D eigenvalue weighted by Crippen LogP contribution is -2.23. The number of nitrogens with zero attached hydrogens (tertiary/aromatic N) is 3. The molecule has 0 aliphatic rings. The summed E-state index contributed by atoms with van der Waals surface area (Å²) in [5, 5.41) is 8.39. The van der Waals surface area contributed by atoms with Gasteiger partial charge in [0.2, 0.25) is 5.91 Å². The van der Waals surface area contributed by atoms with Crippen LogP contribution in [0, 0.1) is 13.8 Å². The molecular weight excluding hydrogens is 312 g/mol. The highest BCUT2D eigenvalue weighted by Gasteiger charge is 2.09. The molecule has 0 fully saturated rings. The molecular formula is C20H22N4O. The lowest BCUT2D eigenvalue weighted by atomic mass is 10.1. The van der Waals surface area contributed by atoms with Gasteiger partial charge < -0.3 is 5.32 Å². The van der Waals surface area contributed by atoms with Crippen LogP contribution >= 0.6 is 0 Å². The third kappa shape index (κ3) is 3.76. The van der Waals surface area contributed by atoms with E-state index < -0.39 is 0 Å². The lowest BCUT2D eigenvalue weighted by Gasteiger charge is -2.04. The normalized spacial score (nSPS) is 11.3. The van der Waals surface area contributed by atoms with Gasteiger partial charge in [-0.3, -0.25) is 14.5 Å². The molecule has 0 aliphatic heterocycles. The number of aryl methyl sites for hydroxylation is 2. The molecule has 1 N–H and O–H groups in total. The van der Waals surface area contributed by atoms with Gasteiger partial charge >= 0.3 is 0 Å². The summed E-state index contributed by atoms with van der Waals surface area (Å²) in [6, 6.07) is 9.86. The van der Waals surface area contributed by atoms with Crippen LogP contribution < -0.4 is 5.32 Å². The Kier molecular flexibility index (Phi) is 4.93. The highest BCUT2D eigenvalue weighted by Crippen LogP contribution is 2.17. The van der Waals surface area contributed by atoms with E-state index in [1.165, 1.54) is 5.56 Å². The average Bonchev–Trinajstić information content (AvgIpc) is 2.86. The third-order valence-electron chi connectivity index (χ3n) is 4.41. The zero-order valence-electron chi connectivity index (χ0n) is 14.8. The van der Waals surface area contributed by atoms with E-state index in [2.05, 4.69) is 15.4 Å². The van der Waals surface area contributed by atoms with Gasteiger partial charge in [-0.15, -0.1) is 0 Å². The summed E-state index contributed by atoms with van der Waals surface area (Å²) in [4.78, 5) is 16.5. The molecule has 0 spiro atoms. The number of hydrogen-bond donors (Lipinski definition) is 1. The van der Waals surface area contributed by atoms with Crippen LogP contribution in [0.2, 0.25) is 0 Å². The number of benzene rings is 1. The van der Waals surface area contributed by atoms with Crippen LogP contribution in [0.5, 0.6) is 0 Å². The highest BCUT2D eigenvalue weighted by atomic mass is 16.1. The van der Waals surface area contributed by atoms with Crippen molar-refractivity contribution in [1.29, 1.82) is 0 Å². The summed E-state index contributed by atoms with van der Waals surface area (Å²) in [7, 11) is 1.94. The fourth-order valence-corrected chi connectivity index (χ4v) is 2.98. The van der Waals surface area contributed by atoms with E-state index in [0.717, 1.165) is 34.3 Å².